The maximum Gasteiger partial charge on any atom is 0.344 e. The van der Waals surface area contributed by atoms with Gasteiger partial charge >= 0.3 is 5.97 Å². The van der Waals surface area contributed by atoms with E-state index in [1.165, 1.54) is 5.56 Å². The summed E-state index contributed by atoms with van der Waals surface area (Å²) in [5.74, 6) is 0.246. The van der Waals surface area contributed by atoms with Gasteiger partial charge in [-0.2, -0.15) is 0 Å². The smallest absolute Gasteiger partial charge is 0.344 e. The van der Waals surface area contributed by atoms with Gasteiger partial charge in [0.05, 0.1) is 0 Å². The molecule has 0 aliphatic carbocycles. The number of benzene rings is 2. The Morgan fingerprint density at radius 3 is 2.46 bits per heavy atom. The van der Waals surface area contributed by atoms with Gasteiger partial charge in [-0.3, -0.25) is 0 Å². The Kier molecular flexibility index (Phi) is 6.23. The fraction of sp³-hybridized carbons (Fsp3) is 0.143. The van der Waals surface area contributed by atoms with Gasteiger partial charge in [-0.05, 0) is 23.3 Å². The Balaban J connectivity index is 1.54. The molecule has 0 amide bonds. The number of carbonyl (C=O) groups excluding carboxylic acids is 1. The summed E-state index contributed by atoms with van der Waals surface area (Å²) < 4.78 is 10.9. The summed E-state index contributed by atoms with van der Waals surface area (Å²) in [6.45, 7) is -0.00908. The third-order valence-electron chi connectivity index (χ3n) is 3.74. The second-order valence-electron chi connectivity index (χ2n) is 5.71. The molecule has 26 heavy (non-hydrogen) atoms. The highest BCUT2D eigenvalue weighted by Crippen LogP contribution is 2.21. The largest absolute Gasteiger partial charge is 0.482 e. The molecular formula is C21H18ClNO3. The highest BCUT2D eigenvalue weighted by molar-refractivity contribution is 6.29. The average Bonchev–Trinajstić information content (AvgIpc) is 2.68. The standard InChI is InChI=1S/C21H18ClNO3/c22-20-11-10-17(13-23-20)14-26-21(24)15-25-19-9-5-4-8-18(19)12-16-6-2-1-3-7-16/h1-11,13H,12,14-15H2. The van der Waals surface area contributed by atoms with Crippen LogP contribution in [0.3, 0.4) is 0 Å². The van der Waals surface area contributed by atoms with Crippen molar-refractivity contribution in [3.63, 3.8) is 0 Å². The summed E-state index contributed by atoms with van der Waals surface area (Å²) in [6, 6.07) is 21.2. The molecule has 3 aromatic rings. The molecule has 0 N–H and O–H groups in total. The Labute approximate surface area is 157 Å². The van der Waals surface area contributed by atoms with Crippen LogP contribution in [-0.4, -0.2) is 17.6 Å². The van der Waals surface area contributed by atoms with Gasteiger partial charge in [-0.25, -0.2) is 9.78 Å². The summed E-state index contributed by atoms with van der Waals surface area (Å²) >= 11 is 5.73. The van der Waals surface area contributed by atoms with Gasteiger partial charge in [0.25, 0.3) is 0 Å². The third kappa shape index (κ3) is 5.33. The molecule has 1 aromatic heterocycles. The van der Waals surface area contributed by atoms with Crippen molar-refractivity contribution >= 4 is 17.6 Å². The molecule has 0 atom stereocenters. The second kappa shape index (κ2) is 9.02. The topological polar surface area (TPSA) is 48.4 Å². The molecule has 1 heterocycles. The summed E-state index contributed by atoms with van der Waals surface area (Å²) in [6.07, 6.45) is 2.31. The van der Waals surface area contributed by atoms with E-state index < -0.39 is 5.97 Å². The van der Waals surface area contributed by atoms with Crippen LogP contribution in [0.25, 0.3) is 0 Å². The molecule has 0 saturated heterocycles. The van der Waals surface area contributed by atoms with Crippen molar-refractivity contribution in [2.45, 2.75) is 13.0 Å². The fourth-order valence-electron chi connectivity index (χ4n) is 2.44. The van der Waals surface area contributed by atoms with E-state index in [9.17, 15) is 4.79 Å². The normalized spacial score (nSPS) is 10.3. The molecule has 0 bridgehead atoms. The zero-order valence-corrected chi connectivity index (χ0v) is 14.9. The molecule has 132 valence electrons. The molecule has 0 saturated carbocycles. The van der Waals surface area contributed by atoms with Crippen LogP contribution in [0.2, 0.25) is 5.15 Å². The van der Waals surface area contributed by atoms with E-state index in [4.69, 9.17) is 21.1 Å². The van der Waals surface area contributed by atoms with Crippen LogP contribution in [0.15, 0.2) is 72.9 Å². The first-order valence-corrected chi connectivity index (χ1v) is 8.59. The van der Waals surface area contributed by atoms with Crippen LogP contribution in [0.5, 0.6) is 5.75 Å². The van der Waals surface area contributed by atoms with Gasteiger partial charge in [0.2, 0.25) is 0 Å². The molecule has 0 unspecified atom stereocenters. The minimum absolute atomic E-state index is 0.137. The Bertz CT molecular complexity index is 851. The van der Waals surface area contributed by atoms with Crippen LogP contribution < -0.4 is 4.74 Å². The molecule has 3 rings (SSSR count). The van der Waals surface area contributed by atoms with Crippen LogP contribution in [-0.2, 0) is 22.6 Å². The van der Waals surface area contributed by atoms with E-state index >= 15 is 0 Å². The summed E-state index contributed by atoms with van der Waals surface area (Å²) in [7, 11) is 0. The molecular weight excluding hydrogens is 350 g/mol. The number of nitrogens with zero attached hydrogens (tertiary/aromatic N) is 1. The number of hydrogen-bond donors (Lipinski definition) is 0. The first-order chi connectivity index (χ1) is 12.7. The lowest BCUT2D eigenvalue weighted by Gasteiger charge is -2.11. The van der Waals surface area contributed by atoms with Crippen molar-refractivity contribution in [3.8, 4) is 5.75 Å². The number of halogens is 1. The van der Waals surface area contributed by atoms with Crippen molar-refractivity contribution in [1.82, 2.24) is 4.98 Å². The van der Waals surface area contributed by atoms with E-state index in [0.717, 1.165) is 17.5 Å². The average molecular weight is 368 g/mol. The molecule has 2 aromatic carbocycles. The number of pyridine rings is 1. The van der Waals surface area contributed by atoms with Crippen molar-refractivity contribution in [2.75, 3.05) is 6.61 Å². The predicted molar refractivity (Wildman–Crippen MR) is 100 cm³/mol. The first kappa shape index (κ1) is 18.0. The molecule has 0 spiro atoms. The molecule has 4 nitrogen and oxygen atoms in total. The van der Waals surface area contributed by atoms with Gasteiger partial charge in [-0.1, -0.05) is 66.2 Å². The lowest BCUT2D eigenvalue weighted by Crippen LogP contribution is -2.15. The summed E-state index contributed by atoms with van der Waals surface area (Å²) in [4.78, 5) is 15.9. The van der Waals surface area contributed by atoms with Crippen LogP contribution in [0.1, 0.15) is 16.7 Å². The lowest BCUT2D eigenvalue weighted by molar-refractivity contribution is -0.147. The Hall–Kier alpha value is -2.85. The van der Waals surface area contributed by atoms with Gasteiger partial charge in [0.15, 0.2) is 6.61 Å². The number of para-hydroxylation sites is 1. The van der Waals surface area contributed by atoms with E-state index in [-0.39, 0.29) is 13.2 Å². The quantitative estimate of drug-likeness (QED) is 0.457. The SMILES string of the molecule is O=C(COc1ccccc1Cc1ccccc1)OCc1ccc(Cl)nc1. The number of hydrogen-bond acceptors (Lipinski definition) is 4. The molecule has 0 fully saturated rings. The van der Waals surface area contributed by atoms with Crippen LogP contribution in [0.4, 0.5) is 0 Å². The van der Waals surface area contributed by atoms with E-state index in [1.807, 2.05) is 42.5 Å². The highest BCUT2D eigenvalue weighted by atomic mass is 35.5. The highest BCUT2D eigenvalue weighted by Gasteiger charge is 2.09. The van der Waals surface area contributed by atoms with E-state index in [1.54, 1.807) is 18.3 Å². The van der Waals surface area contributed by atoms with E-state index in [0.29, 0.717) is 10.9 Å². The van der Waals surface area contributed by atoms with Gasteiger partial charge in [0.1, 0.15) is 17.5 Å². The van der Waals surface area contributed by atoms with E-state index in [2.05, 4.69) is 17.1 Å². The van der Waals surface area contributed by atoms with Crippen molar-refractivity contribution in [1.29, 1.82) is 0 Å². The number of rotatable bonds is 7. The lowest BCUT2D eigenvalue weighted by atomic mass is 10.0. The minimum atomic E-state index is -0.436. The summed E-state index contributed by atoms with van der Waals surface area (Å²) in [5.41, 5.74) is 2.97. The maximum atomic E-state index is 11.9. The van der Waals surface area contributed by atoms with Crippen molar-refractivity contribution in [2.24, 2.45) is 0 Å². The number of carbonyl (C=O) groups is 1. The first-order valence-electron chi connectivity index (χ1n) is 8.21. The molecule has 0 aliphatic rings. The summed E-state index contributed by atoms with van der Waals surface area (Å²) in [5, 5.41) is 0.401. The zero-order chi connectivity index (χ0) is 18.2. The van der Waals surface area contributed by atoms with Gasteiger partial charge < -0.3 is 9.47 Å². The fourth-order valence-corrected chi connectivity index (χ4v) is 2.55. The molecule has 5 heteroatoms. The van der Waals surface area contributed by atoms with Crippen molar-refractivity contribution in [3.05, 3.63) is 94.8 Å². The van der Waals surface area contributed by atoms with Gasteiger partial charge in [0, 0.05) is 18.2 Å². The Morgan fingerprint density at radius 2 is 1.69 bits per heavy atom. The third-order valence-corrected chi connectivity index (χ3v) is 3.97. The van der Waals surface area contributed by atoms with Crippen LogP contribution in [0, 0.1) is 0 Å². The van der Waals surface area contributed by atoms with Gasteiger partial charge in [-0.15, -0.1) is 0 Å². The van der Waals surface area contributed by atoms with Crippen LogP contribution >= 0.6 is 11.6 Å². The number of ether oxygens (including phenoxy) is 2. The number of aromatic nitrogens is 1. The predicted octanol–water partition coefficient (Wildman–Crippen LogP) is 4.45. The zero-order valence-electron chi connectivity index (χ0n) is 14.1. The molecule has 0 radical (unpaired) electrons. The second-order valence-corrected chi connectivity index (χ2v) is 6.10. The monoisotopic (exact) mass is 367 g/mol. The maximum absolute atomic E-state index is 11.9. The minimum Gasteiger partial charge on any atom is -0.482 e. The number of esters is 1. The molecule has 0 aliphatic heterocycles. The van der Waals surface area contributed by atoms with Crippen molar-refractivity contribution < 1.29 is 14.3 Å². The Morgan fingerprint density at radius 1 is 0.923 bits per heavy atom.